The molecule has 1 aromatic rings. The molecule has 0 radical (unpaired) electrons. The van der Waals surface area contributed by atoms with Gasteiger partial charge < -0.3 is 10.7 Å². The van der Waals surface area contributed by atoms with E-state index in [2.05, 4.69) is 75.3 Å². The molecule has 3 unspecified atom stereocenters. The fourth-order valence-electron chi connectivity index (χ4n) is 4.77. The third kappa shape index (κ3) is 5.95. The maximum Gasteiger partial charge on any atom is 0.0709 e. The van der Waals surface area contributed by atoms with E-state index in [0.717, 1.165) is 18.5 Å². The van der Waals surface area contributed by atoms with Gasteiger partial charge >= 0.3 is 0 Å². The third-order valence-corrected chi connectivity index (χ3v) is 6.53. The maximum atomic E-state index is 6.08. The first kappa shape index (κ1) is 24.1. The highest BCUT2D eigenvalue weighted by molar-refractivity contribution is 5.60. The van der Waals surface area contributed by atoms with Crippen LogP contribution in [0.4, 0.5) is 5.69 Å². The lowest BCUT2D eigenvalue weighted by Crippen LogP contribution is -2.42. The molecule has 1 aromatic carbocycles. The van der Waals surface area contributed by atoms with Crippen molar-refractivity contribution in [3.05, 3.63) is 65.4 Å². The third-order valence-electron chi connectivity index (χ3n) is 6.53. The van der Waals surface area contributed by atoms with Crippen LogP contribution in [0.2, 0.25) is 0 Å². The smallest absolute Gasteiger partial charge is 0.0709 e. The summed E-state index contributed by atoms with van der Waals surface area (Å²) < 4.78 is 0. The van der Waals surface area contributed by atoms with E-state index >= 15 is 0 Å². The Balaban J connectivity index is 0.00000101. The second kappa shape index (κ2) is 11.3. The molecule has 2 aliphatic rings. The van der Waals surface area contributed by atoms with Gasteiger partial charge in [0.1, 0.15) is 0 Å². The lowest BCUT2D eigenvalue weighted by molar-refractivity contribution is 0.232. The molecule has 1 fully saturated rings. The van der Waals surface area contributed by atoms with Gasteiger partial charge in [-0.25, -0.2) is 0 Å². The lowest BCUT2D eigenvalue weighted by Gasteiger charge is -2.37. The van der Waals surface area contributed by atoms with Crippen molar-refractivity contribution in [2.45, 2.75) is 78.8 Å². The van der Waals surface area contributed by atoms with Crippen molar-refractivity contribution in [2.75, 3.05) is 11.9 Å². The second-order valence-electron chi connectivity index (χ2n) is 8.93. The summed E-state index contributed by atoms with van der Waals surface area (Å²) in [7, 11) is 0. The van der Waals surface area contributed by atoms with Gasteiger partial charge in [-0.3, -0.25) is 4.90 Å². The van der Waals surface area contributed by atoms with Gasteiger partial charge in [-0.15, -0.1) is 0 Å². The van der Waals surface area contributed by atoms with Crippen LogP contribution in [0.5, 0.6) is 0 Å². The highest BCUT2D eigenvalue weighted by Crippen LogP contribution is 2.36. The Bertz CT molecular complexity index is 769. The number of benzene rings is 1. The second-order valence-corrected chi connectivity index (χ2v) is 8.93. The normalized spacial score (nSPS) is 22.4. The molecule has 0 amide bonds. The summed E-state index contributed by atoms with van der Waals surface area (Å²) in [4.78, 5) is 2.66. The van der Waals surface area contributed by atoms with E-state index in [1.54, 1.807) is 12.5 Å². The molecule has 3 rings (SSSR count). The van der Waals surface area contributed by atoms with E-state index in [-0.39, 0.29) is 0 Å². The number of anilines is 1. The maximum absolute atomic E-state index is 6.08. The Morgan fingerprint density at radius 1 is 1.23 bits per heavy atom. The first-order valence-electron chi connectivity index (χ1n) is 11.4. The van der Waals surface area contributed by atoms with Gasteiger partial charge in [0.2, 0.25) is 0 Å². The molecular weight excluding hydrogens is 366 g/mol. The number of hydrogen-bond acceptors (Lipinski definition) is 3. The number of nitrogens with zero attached hydrogens (tertiary/aromatic N) is 1. The summed E-state index contributed by atoms with van der Waals surface area (Å²) in [5, 5.41) is 9.80. The molecule has 0 spiro atoms. The van der Waals surface area contributed by atoms with Crippen molar-refractivity contribution in [3.63, 3.8) is 0 Å². The van der Waals surface area contributed by atoms with Crippen LogP contribution in [0.1, 0.15) is 64.0 Å². The molecule has 3 nitrogen and oxygen atoms in total. The Morgan fingerprint density at radius 3 is 2.33 bits per heavy atom. The molecule has 0 aromatic heterocycles. The number of likely N-dealkylation sites (tertiary alicyclic amines) is 1. The summed E-state index contributed by atoms with van der Waals surface area (Å²) in [6, 6.07) is 7.39. The number of aryl methyl sites for hydroxylation is 2. The van der Waals surface area contributed by atoms with Crippen LogP contribution in [0.3, 0.4) is 0 Å². The minimum Gasteiger partial charge on any atom is -0.357 e. The molecule has 0 saturated carbocycles. The first-order valence-corrected chi connectivity index (χ1v) is 11.4. The van der Waals surface area contributed by atoms with Crippen LogP contribution in [0.15, 0.2) is 54.3 Å². The number of rotatable bonds is 6. The van der Waals surface area contributed by atoms with Gasteiger partial charge in [-0.2, -0.15) is 0 Å². The Morgan fingerprint density at radius 2 is 1.87 bits per heavy atom. The van der Waals surface area contributed by atoms with Gasteiger partial charge in [0.25, 0.3) is 0 Å². The van der Waals surface area contributed by atoms with Crippen LogP contribution in [0.25, 0.3) is 0 Å². The molecule has 0 bridgehead atoms. The highest BCUT2D eigenvalue weighted by atomic mass is 15.2. The van der Waals surface area contributed by atoms with Gasteiger partial charge in [0, 0.05) is 17.4 Å². The van der Waals surface area contributed by atoms with E-state index in [1.807, 2.05) is 0 Å². The van der Waals surface area contributed by atoms with Crippen molar-refractivity contribution in [1.29, 1.82) is 5.41 Å². The van der Waals surface area contributed by atoms with Crippen LogP contribution in [0, 0.1) is 25.2 Å². The predicted molar refractivity (Wildman–Crippen MR) is 133 cm³/mol. The molecule has 164 valence electrons. The van der Waals surface area contributed by atoms with Gasteiger partial charge in [0.05, 0.1) is 6.04 Å². The predicted octanol–water partition coefficient (Wildman–Crippen LogP) is 7.04. The molecule has 1 aliphatic carbocycles. The average Bonchev–Trinajstić information content (AvgIpc) is 3.12. The zero-order chi connectivity index (χ0) is 22.3. The highest BCUT2D eigenvalue weighted by Gasteiger charge is 2.33. The molecule has 3 heteroatoms. The van der Waals surface area contributed by atoms with E-state index in [0.29, 0.717) is 18.0 Å². The fourth-order valence-corrected chi connectivity index (χ4v) is 4.77. The lowest BCUT2D eigenvalue weighted by atomic mass is 9.82. The van der Waals surface area contributed by atoms with E-state index < -0.39 is 0 Å². The number of para-hydroxylation sites is 1. The Kier molecular flexibility index (Phi) is 9.10. The van der Waals surface area contributed by atoms with Crippen molar-refractivity contribution < 1.29 is 0 Å². The zero-order valence-corrected chi connectivity index (χ0v) is 19.7. The minimum atomic E-state index is 0.299. The molecular formula is C27H41N3. The summed E-state index contributed by atoms with van der Waals surface area (Å²) in [6.45, 7) is 20.4. The average molecular weight is 408 g/mol. The first-order chi connectivity index (χ1) is 14.3. The van der Waals surface area contributed by atoms with Gasteiger partial charge in [0.15, 0.2) is 0 Å². The van der Waals surface area contributed by atoms with Crippen LogP contribution < -0.4 is 5.32 Å². The summed E-state index contributed by atoms with van der Waals surface area (Å²) in [5.74, 6) is 0.644. The van der Waals surface area contributed by atoms with Gasteiger partial charge in [-0.05, 0) is 96.5 Å². The number of nitrogens with one attached hydrogen (secondary N) is 2. The molecule has 1 aliphatic heterocycles. The van der Waals surface area contributed by atoms with E-state index in [9.17, 15) is 0 Å². The summed E-state index contributed by atoms with van der Waals surface area (Å²) >= 11 is 0. The standard InChI is InChI=1S/C25H36N2.C2H5N/c1-17(2)22-12-14-23(15-13-22)25(27-16-8-11-20(27)5)21(6)26-24-18(3)9-7-10-19(24)4;1-2-3/h7,9-10,14,20,22,25-26H,1,6,8,11-13,15-16H2,2-5H3;2-3H,1H3. The number of hydrogen-bond donors (Lipinski definition) is 2. The van der Waals surface area contributed by atoms with E-state index in [1.165, 1.54) is 54.4 Å². The molecule has 1 heterocycles. The van der Waals surface area contributed by atoms with Crippen LogP contribution in [-0.4, -0.2) is 29.7 Å². The summed E-state index contributed by atoms with van der Waals surface area (Å²) in [6.07, 6.45) is 9.80. The van der Waals surface area contributed by atoms with Crippen LogP contribution >= 0.6 is 0 Å². The molecule has 30 heavy (non-hydrogen) atoms. The quantitative estimate of drug-likeness (QED) is 0.392. The van der Waals surface area contributed by atoms with Crippen molar-refractivity contribution in [2.24, 2.45) is 5.92 Å². The Labute approximate surface area is 184 Å². The largest absolute Gasteiger partial charge is 0.357 e. The minimum absolute atomic E-state index is 0.299. The van der Waals surface area contributed by atoms with E-state index in [4.69, 9.17) is 5.41 Å². The monoisotopic (exact) mass is 407 g/mol. The topological polar surface area (TPSA) is 39.1 Å². The van der Waals surface area contributed by atoms with Crippen molar-refractivity contribution >= 4 is 11.9 Å². The Hall–Kier alpha value is -2.13. The van der Waals surface area contributed by atoms with Crippen molar-refractivity contribution in [1.82, 2.24) is 4.90 Å². The van der Waals surface area contributed by atoms with Crippen molar-refractivity contribution in [3.8, 4) is 0 Å². The zero-order valence-electron chi connectivity index (χ0n) is 19.7. The molecule has 1 saturated heterocycles. The molecule has 2 N–H and O–H groups in total. The van der Waals surface area contributed by atoms with Crippen LogP contribution in [-0.2, 0) is 0 Å². The SMILES string of the molecule is C=C(C)C1CC=C(C(C(=C)Nc2c(C)cccc2C)N2CCCC2C)CC1.CC=N. The molecule has 3 atom stereocenters. The fraction of sp³-hybridized carbons (Fsp3) is 0.519. The summed E-state index contributed by atoms with van der Waals surface area (Å²) in [5.41, 5.74) is 7.78. The van der Waals surface area contributed by atoms with Gasteiger partial charge in [-0.1, -0.05) is 48.6 Å². The number of allylic oxidation sites excluding steroid dienone is 2.